The summed E-state index contributed by atoms with van der Waals surface area (Å²) in [6.45, 7) is 6.63. The molecule has 0 saturated carbocycles. The van der Waals surface area contributed by atoms with E-state index in [1.54, 1.807) is 0 Å². The van der Waals surface area contributed by atoms with Gasteiger partial charge in [-0.3, -0.25) is 14.4 Å². The van der Waals surface area contributed by atoms with E-state index in [2.05, 4.69) is 32.9 Å². The summed E-state index contributed by atoms with van der Waals surface area (Å²) in [5, 5.41) is 0. The second-order valence-electron chi connectivity index (χ2n) is 19.2. The molecule has 0 N–H and O–H groups in total. The van der Waals surface area contributed by atoms with E-state index in [9.17, 15) is 14.4 Å². The number of esters is 3. The predicted molar refractivity (Wildman–Crippen MR) is 270 cm³/mol. The lowest BCUT2D eigenvalue weighted by Gasteiger charge is -2.18. The highest BCUT2D eigenvalue weighted by atomic mass is 16.6. The van der Waals surface area contributed by atoms with Crippen LogP contribution in [0.15, 0.2) is 12.2 Å². The van der Waals surface area contributed by atoms with E-state index in [1.807, 2.05) is 0 Å². The van der Waals surface area contributed by atoms with E-state index in [0.29, 0.717) is 19.3 Å². The molecule has 63 heavy (non-hydrogen) atoms. The summed E-state index contributed by atoms with van der Waals surface area (Å²) < 4.78 is 16.8. The predicted octanol–water partition coefficient (Wildman–Crippen LogP) is 18.5. The molecule has 0 saturated heterocycles. The van der Waals surface area contributed by atoms with Gasteiger partial charge in [0.05, 0.1) is 0 Å². The maximum atomic E-state index is 12.8. The lowest BCUT2D eigenvalue weighted by Crippen LogP contribution is -2.30. The van der Waals surface area contributed by atoms with Gasteiger partial charge >= 0.3 is 17.9 Å². The summed E-state index contributed by atoms with van der Waals surface area (Å²) in [5.41, 5.74) is 0. The molecule has 0 radical (unpaired) electrons. The highest BCUT2D eigenvalue weighted by Gasteiger charge is 2.19. The van der Waals surface area contributed by atoms with Crippen LogP contribution in [0.2, 0.25) is 0 Å². The Balaban J connectivity index is 4.11. The molecule has 0 amide bonds. The zero-order chi connectivity index (χ0) is 45.8. The molecule has 1 unspecified atom stereocenters. The Bertz CT molecular complexity index is 978. The number of ether oxygens (including phenoxy) is 3. The molecule has 0 aliphatic rings. The first-order valence-corrected chi connectivity index (χ1v) is 28.2. The molecular formula is C57H108O6. The molecule has 0 heterocycles. The largest absolute Gasteiger partial charge is 0.462 e. The molecule has 0 rings (SSSR count). The third-order valence-electron chi connectivity index (χ3n) is 12.8. The van der Waals surface area contributed by atoms with Crippen LogP contribution in [-0.2, 0) is 28.6 Å². The van der Waals surface area contributed by atoms with Gasteiger partial charge in [0, 0.05) is 19.3 Å². The van der Waals surface area contributed by atoms with Gasteiger partial charge < -0.3 is 14.2 Å². The molecule has 372 valence electrons. The fourth-order valence-electron chi connectivity index (χ4n) is 8.50. The fourth-order valence-corrected chi connectivity index (χ4v) is 8.50. The average Bonchev–Trinajstić information content (AvgIpc) is 3.28. The van der Waals surface area contributed by atoms with Crippen molar-refractivity contribution in [1.29, 1.82) is 0 Å². The smallest absolute Gasteiger partial charge is 0.306 e. The SMILES string of the molecule is CCCCC/C=C\CCCCCCCC(=O)OC(COC(=O)CCCCCCCCCCC)COC(=O)CCCCCCCCCCCCCCCCCCCCCCCCCC. The number of hydrogen-bond donors (Lipinski definition) is 0. The van der Waals surface area contributed by atoms with Crippen LogP contribution in [0.3, 0.4) is 0 Å². The van der Waals surface area contributed by atoms with Gasteiger partial charge in [0.15, 0.2) is 6.10 Å². The van der Waals surface area contributed by atoms with Gasteiger partial charge in [-0.05, 0) is 44.9 Å². The molecule has 0 aliphatic heterocycles. The Morgan fingerprint density at radius 1 is 0.302 bits per heavy atom. The Morgan fingerprint density at radius 3 is 0.825 bits per heavy atom. The molecule has 0 aliphatic carbocycles. The van der Waals surface area contributed by atoms with Crippen molar-refractivity contribution in [2.24, 2.45) is 0 Å². The highest BCUT2D eigenvalue weighted by Crippen LogP contribution is 2.17. The minimum atomic E-state index is -0.767. The second-order valence-corrected chi connectivity index (χ2v) is 19.2. The summed E-state index contributed by atoms with van der Waals surface area (Å²) in [5.74, 6) is -0.862. The standard InChI is InChI=1S/C57H108O6/c1-4-7-10-13-16-19-21-23-24-25-26-27-28-29-30-31-32-33-34-36-38-41-44-47-50-56(59)62-53-54(52-61-55(58)49-46-43-40-37-18-15-12-9-6-3)63-57(60)51-48-45-42-39-35-22-20-17-14-11-8-5-2/h17,20,54H,4-16,18-19,21-53H2,1-3H3/b20-17-. The number of carbonyl (C=O) groups is 3. The number of allylic oxidation sites excluding steroid dienone is 2. The normalized spacial score (nSPS) is 12.0. The quantitative estimate of drug-likeness (QED) is 0.0262. The number of unbranched alkanes of at least 4 members (excludes halogenated alkanes) is 39. The van der Waals surface area contributed by atoms with E-state index < -0.39 is 6.10 Å². The van der Waals surface area contributed by atoms with Crippen molar-refractivity contribution >= 4 is 17.9 Å². The van der Waals surface area contributed by atoms with Crippen molar-refractivity contribution in [1.82, 2.24) is 0 Å². The van der Waals surface area contributed by atoms with Crippen LogP contribution < -0.4 is 0 Å². The molecular weight excluding hydrogens is 781 g/mol. The topological polar surface area (TPSA) is 78.9 Å². The Kier molecular flexibility index (Phi) is 51.2. The maximum absolute atomic E-state index is 12.8. The van der Waals surface area contributed by atoms with Crippen LogP contribution in [0.4, 0.5) is 0 Å². The summed E-state index contributed by atoms with van der Waals surface area (Å²) in [6.07, 6.45) is 59.4. The number of hydrogen-bond acceptors (Lipinski definition) is 6. The van der Waals surface area contributed by atoms with Crippen molar-refractivity contribution in [3.63, 3.8) is 0 Å². The van der Waals surface area contributed by atoms with E-state index in [1.165, 1.54) is 212 Å². The lowest BCUT2D eigenvalue weighted by atomic mass is 10.0. The Labute approximate surface area is 392 Å². The molecule has 0 fully saturated rings. The molecule has 0 spiro atoms. The third-order valence-corrected chi connectivity index (χ3v) is 12.8. The van der Waals surface area contributed by atoms with Gasteiger partial charge in [0.1, 0.15) is 13.2 Å². The molecule has 0 aromatic heterocycles. The van der Waals surface area contributed by atoms with Crippen molar-refractivity contribution < 1.29 is 28.6 Å². The van der Waals surface area contributed by atoms with Crippen LogP contribution >= 0.6 is 0 Å². The summed E-state index contributed by atoms with van der Waals surface area (Å²) in [6, 6.07) is 0. The molecule has 6 nitrogen and oxygen atoms in total. The van der Waals surface area contributed by atoms with Crippen molar-refractivity contribution in [2.45, 2.75) is 322 Å². The van der Waals surface area contributed by atoms with Gasteiger partial charge in [-0.1, -0.05) is 264 Å². The van der Waals surface area contributed by atoms with Crippen LogP contribution in [0.25, 0.3) is 0 Å². The monoisotopic (exact) mass is 889 g/mol. The van der Waals surface area contributed by atoms with Crippen LogP contribution in [0.5, 0.6) is 0 Å². The van der Waals surface area contributed by atoms with Crippen molar-refractivity contribution in [3.05, 3.63) is 12.2 Å². The Hall–Kier alpha value is -1.85. The lowest BCUT2D eigenvalue weighted by molar-refractivity contribution is -0.167. The van der Waals surface area contributed by atoms with E-state index in [4.69, 9.17) is 14.2 Å². The van der Waals surface area contributed by atoms with E-state index in [-0.39, 0.29) is 31.1 Å². The van der Waals surface area contributed by atoms with Gasteiger partial charge in [-0.25, -0.2) is 0 Å². The first kappa shape index (κ1) is 61.1. The highest BCUT2D eigenvalue weighted by molar-refractivity contribution is 5.71. The molecule has 0 aromatic carbocycles. The first-order valence-electron chi connectivity index (χ1n) is 28.2. The van der Waals surface area contributed by atoms with Crippen molar-refractivity contribution in [2.75, 3.05) is 13.2 Å². The fraction of sp³-hybridized carbons (Fsp3) is 0.912. The molecule has 6 heteroatoms. The van der Waals surface area contributed by atoms with Crippen LogP contribution in [0, 0.1) is 0 Å². The summed E-state index contributed by atoms with van der Waals surface area (Å²) in [7, 11) is 0. The Morgan fingerprint density at radius 2 is 0.524 bits per heavy atom. The number of carbonyl (C=O) groups excluding carboxylic acids is 3. The zero-order valence-electron chi connectivity index (χ0n) is 42.6. The number of rotatable bonds is 52. The second kappa shape index (κ2) is 52.8. The van der Waals surface area contributed by atoms with Gasteiger partial charge in [-0.15, -0.1) is 0 Å². The zero-order valence-corrected chi connectivity index (χ0v) is 42.6. The maximum Gasteiger partial charge on any atom is 0.306 e. The van der Waals surface area contributed by atoms with Crippen LogP contribution in [0.1, 0.15) is 316 Å². The molecule has 0 bridgehead atoms. The summed E-state index contributed by atoms with van der Waals surface area (Å²) in [4.78, 5) is 37.9. The average molecular weight is 889 g/mol. The summed E-state index contributed by atoms with van der Waals surface area (Å²) >= 11 is 0. The van der Waals surface area contributed by atoms with Gasteiger partial charge in [0.25, 0.3) is 0 Å². The molecule has 1 atom stereocenters. The molecule has 0 aromatic rings. The van der Waals surface area contributed by atoms with E-state index >= 15 is 0 Å². The van der Waals surface area contributed by atoms with Gasteiger partial charge in [0.2, 0.25) is 0 Å². The van der Waals surface area contributed by atoms with Crippen molar-refractivity contribution in [3.8, 4) is 0 Å². The third kappa shape index (κ3) is 51.0. The van der Waals surface area contributed by atoms with E-state index in [0.717, 1.165) is 64.2 Å². The van der Waals surface area contributed by atoms with Crippen LogP contribution in [-0.4, -0.2) is 37.2 Å². The minimum Gasteiger partial charge on any atom is -0.462 e. The van der Waals surface area contributed by atoms with Gasteiger partial charge in [-0.2, -0.15) is 0 Å². The first-order chi connectivity index (χ1) is 31.0. The minimum absolute atomic E-state index is 0.0682.